The number of benzene rings is 1. The average Bonchev–Trinajstić information content (AvgIpc) is 3.07. The molecule has 1 aromatic carbocycles. The van der Waals surface area contributed by atoms with Crippen LogP contribution in [-0.4, -0.2) is 37.2 Å². The zero-order valence-electron chi connectivity index (χ0n) is 13.7. The number of fused-ring (bicyclic) bond motifs is 1. The van der Waals surface area contributed by atoms with Crippen molar-refractivity contribution in [2.75, 3.05) is 13.1 Å². The molecule has 2 heterocycles. The third kappa shape index (κ3) is 3.29. The minimum atomic E-state index is -4.63. The Bertz CT molecular complexity index is 692. The first-order valence-electron chi connectivity index (χ1n) is 8.07. The summed E-state index contributed by atoms with van der Waals surface area (Å²) in [7, 11) is 0. The lowest BCUT2D eigenvalue weighted by molar-refractivity contribution is -0.219. The molecule has 3 rings (SSSR count). The van der Waals surface area contributed by atoms with Gasteiger partial charge >= 0.3 is 6.18 Å². The van der Waals surface area contributed by atoms with Gasteiger partial charge in [-0.3, -0.25) is 9.59 Å². The van der Waals surface area contributed by atoms with Gasteiger partial charge in [0.25, 0.3) is 0 Å². The summed E-state index contributed by atoms with van der Waals surface area (Å²) in [5, 5.41) is 4.70. The molecule has 0 aliphatic carbocycles. The molecule has 2 N–H and O–H groups in total. The maximum atomic E-state index is 13.3. The third-order valence-corrected chi connectivity index (χ3v) is 4.97. The first-order chi connectivity index (χ1) is 11.7. The van der Waals surface area contributed by atoms with E-state index in [4.69, 9.17) is 4.74 Å². The van der Waals surface area contributed by atoms with Crippen LogP contribution in [-0.2, 0) is 9.59 Å². The van der Waals surface area contributed by atoms with Gasteiger partial charge in [-0.15, -0.1) is 0 Å². The Morgan fingerprint density at radius 1 is 1.40 bits per heavy atom. The van der Waals surface area contributed by atoms with Gasteiger partial charge in [-0.25, -0.2) is 0 Å². The van der Waals surface area contributed by atoms with Gasteiger partial charge < -0.3 is 15.4 Å². The second-order valence-corrected chi connectivity index (χ2v) is 6.70. The number of alkyl halides is 3. The molecular formula is C17H19F3N2O3. The molecule has 2 aliphatic rings. The zero-order chi connectivity index (χ0) is 18.2. The highest BCUT2D eigenvalue weighted by Crippen LogP contribution is 2.46. The summed E-state index contributed by atoms with van der Waals surface area (Å²) in [6.45, 7) is 1.49. The fourth-order valence-electron chi connectivity index (χ4n) is 3.36. The van der Waals surface area contributed by atoms with Crippen LogP contribution in [0.25, 0.3) is 0 Å². The molecule has 1 aromatic rings. The van der Waals surface area contributed by atoms with Gasteiger partial charge in [0.2, 0.25) is 11.8 Å². The molecule has 2 amide bonds. The van der Waals surface area contributed by atoms with Crippen molar-refractivity contribution in [3.8, 4) is 5.75 Å². The molecule has 0 radical (unpaired) electrons. The normalized spacial score (nSPS) is 28.2. The van der Waals surface area contributed by atoms with Gasteiger partial charge in [0, 0.05) is 30.9 Å². The zero-order valence-corrected chi connectivity index (χ0v) is 13.7. The van der Waals surface area contributed by atoms with Crippen LogP contribution < -0.4 is 15.4 Å². The van der Waals surface area contributed by atoms with E-state index in [9.17, 15) is 22.8 Å². The number of rotatable bonds is 4. The van der Waals surface area contributed by atoms with Crippen LogP contribution >= 0.6 is 0 Å². The molecule has 0 saturated carbocycles. The van der Waals surface area contributed by atoms with Crippen molar-refractivity contribution in [1.82, 2.24) is 10.6 Å². The van der Waals surface area contributed by atoms with E-state index in [1.54, 1.807) is 0 Å². The minimum absolute atomic E-state index is 0.0304. The number of hydrogen-bond donors (Lipinski definition) is 2. The van der Waals surface area contributed by atoms with E-state index in [-0.39, 0.29) is 18.6 Å². The molecule has 0 aromatic heterocycles. The van der Waals surface area contributed by atoms with Gasteiger partial charge in [-0.2, -0.15) is 13.2 Å². The topological polar surface area (TPSA) is 67.4 Å². The van der Waals surface area contributed by atoms with Crippen molar-refractivity contribution in [3.05, 3.63) is 29.8 Å². The number of carbonyl (C=O) groups is 2. The van der Waals surface area contributed by atoms with Crippen LogP contribution in [0.4, 0.5) is 13.2 Å². The molecule has 1 fully saturated rings. The van der Waals surface area contributed by atoms with Crippen molar-refractivity contribution in [2.24, 2.45) is 5.41 Å². The van der Waals surface area contributed by atoms with Crippen LogP contribution in [0.1, 0.15) is 31.2 Å². The number of halogens is 3. The lowest BCUT2D eigenvalue weighted by Gasteiger charge is -2.29. The van der Waals surface area contributed by atoms with E-state index >= 15 is 0 Å². The Balaban J connectivity index is 1.59. The molecule has 0 bridgehead atoms. The smallest absolute Gasteiger partial charge is 0.397 e. The quantitative estimate of drug-likeness (QED) is 0.869. The number of nitrogens with one attached hydrogen (secondary N) is 2. The van der Waals surface area contributed by atoms with Gasteiger partial charge in [0.1, 0.15) is 17.3 Å². The van der Waals surface area contributed by atoms with Crippen molar-refractivity contribution >= 4 is 11.8 Å². The summed E-state index contributed by atoms with van der Waals surface area (Å²) in [6, 6.07) is 7.47. The minimum Gasteiger partial charge on any atom is -0.488 e. The highest BCUT2D eigenvalue weighted by molar-refractivity contribution is 5.83. The Morgan fingerprint density at radius 2 is 2.12 bits per heavy atom. The Morgan fingerprint density at radius 3 is 2.72 bits per heavy atom. The lowest BCUT2D eigenvalue weighted by Crippen LogP contribution is -2.45. The molecule has 136 valence electrons. The van der Waals surface area contributed by atoms with Crippen LogP contribution in [0.3, 0.4) is 0 Å². The molecule has 0 spiro atoms. The largest absolute Gasteiger partial charge is 0.488 e. The highest BCUT2D eigenvalue weighted by Gasteiger charge is 2.59. The monoisotopic (exact) mass is 356 g/mol. The summed E-state index contributed by atoms with van der Waals surface area (Å²) >= 11 is 0. The van der Waals surface area contributed by atoms with E-state index in [1.807, 2.05) is 31.2 Å². The summed E-state index contributed by atoms with van der Waals surface area (Å²) in [5.74, 6) is -0.664. The van der Waals surface area contributed by atoms with Crippen LogP contribution in [0.5, 0.6) is 5.75 Å². The summed E-state index contributed by atoms with van der Waals surface area (Å²) in [4.78, 5) is 23.3. The SMILES string of the molecule is C[C@H]1c2ccccc2O[C@H]1CNC(=O)CC1(C(F)(F)F)CNC(=O)C1. The van der Waals surface area contributed by atoms with E-state index in [0.717, 1.165) is 11.3 Å². The molecular weight excluding hydrogens is 337 g/mol. The van der Waals surface area contributed by atoms with Gasteiger partial charge in [0.05, 0.1) is 6.54 Å². The third-order valence-electron chi connectivity index (χ3n) is 4.97. The number of ether oxygens (including phenoxy) is 1. The molecule has 5 nitrogen and oxygen atoms in total. The molecule has 3 atom stereocenters. The number of carbonyl (C=O) groups excluding carboxylic acids is 2. The molecule has 1 unspecified atom stereocenters. The predicted octanol–water partition coefficient (Wildman–Crippen LogP) is 2.13. The number of amides is 2. The number of para-hydroxylation sites is 1. The lowest BCUT2D eigenvalue weighted by atomic mass is 9.82. The van der Waals surface area contributed by atoms with Crippen molar-refractivity contribution in [2.45, 2.75) is 38.0 Å². The predicted molar refractivity (Wildman–Crippen MR) is 83.0 cm³/mol. The van der Waals surface area contributed by atoms with E-state index in [2.05, 4.69) is 10.6 Å². The average molecular weight is 356 g/mol. The fraction of sp³-hybridized carbons (Fsp3) is 0.529. The number of hydrogen-bond acceptors (Lipinski definition) is 3. The van der Waals surface area contributed by atoms with Crippen molar-refractivity contribution in [1.29, 1.82) is 0 Å². The molecule has 1 saturated heterocycles. The van der Waals surface area contributed by atoms with Gasteiger partial charge in [-0.05, 0) is 6.07 Å². The van der Waals surface area contributed by atoms with E-state index < -0.39 is 42.8 Å². The summed E-state index contributed by atoms with van der Waals surface area (Å²) < 4.78 is 45.8. The standard InChI is InChI=1S/C17H19F3N2O3/c1-10-11-4-2-3-5-12(11)25-13(10)8-21-14(23)6-16(17(18,19)20)7-15(24)22-9-16/h2-5,10,13H,6-9H2,1H3,(H,21,23)(H,22,24)/t10-,13-,16?/m0/s1. The Hall–Kier alpha value is -2.25. The molecule has 2 aliphatic heterocycles. The van der Waals surface area contributed by atoms with E-state index in [1.165, 1.54) is 0 Å². The van der Waals surface area contributed by atoms with Crippen LogP contribution in [0, 0.1) is 5.41 Å². The second-order valence-electron chi connectivity index (χ2n) is 6.70. The maximum absolute atomic E-state index is 13.3. The second kappa shape index (κ2) is 6.24. The van der Waals surface area contributed by atoms with E-state index in [0.29, 0.717) is 0 Å². The molecule has 25 heavy (non-hydrogen) atoms. The molecule has 8 heteroatoms. The van der Waals surface area contributed by atoms with Crippen LogP contribution in [0.2, 0.25) is 0 Å². The van der Waals surface area contributed by atoms with Crippen molar-refractivity contribution < 1.29 is 27.5 Å². The fourth-order valence-corrected chi connectivity index (χ4v) is 3.36. The first-order valence-corrected chi connectivity index (χ1v) is 8.07. The highest BCUT2D eigenvalue weighted by atomic mass is 19.4. The first kappa shape index (κ1) is 17.6. The van der Waals surface area contributed by atoms with Crippen LogP contribution in [0.15, 0.2) is 24.3 Å². The maximum Gasteiger partial charge on any atom is 0.397 e. The Kier molecular flexibility index (Phi) is 4.38. The van der Waals surface area contributed by atoms with Gasteiger partial charge in [-0.1, -0.05) is 25.1 Å². The summed E-state index contributed by atoms with van der Waals surface area (Å²) in [6.07, 6.45) is -6.45. The summed E-state index contributed by atoms with van der Waals surface area (Å²) in [5.41, 5.74) is -1.32. The Labute approximate surface area is 142 Å². The van der Waals surface area contributed by atoms with Crippen molar-refractivity contribution in [3.63, 3.8) is 0 Å². The van der Waals surface area contributed by atoms with Gasteiger partial charge in [0.15, 0.2) is 0 Å².